The summed E-state index contributed by atoms with van der Waals surface area (Å²) in [6, 6.07) is 4.66. The second-order valence-electron chi connectivity index (χ2n) is 4.30. The van der Waals surface area contributed by atoms with Crippen LogP contribution in [0.25, 0.3) is 6.08 Å². The Morgan fingerprint density at radius 2 is 2.27 bits per heavy atom. The molecule has 0 spiro atoms. The third-order valence-electron chi connectivity index (χ3n) is 2.74. The molecule has 0 atom stereocenters. The average Bonchev–Trinajstić information content (AvgIpc) is 2.70. The van der Waals surface area contributed by atoms with Gasteiger partial charge in [0.25, 0.3) is 5.91 Å². The predicted molar refractivity (Wildman–Crippen MR) is 84.2 cm³/mol. The number of carbonyl (C=O) groups is 2. The fourth-order valence-electron chi connectivity index (χ4n) is 1.81. The lowest BCUT2D eigenvalue weighted by Crippen LogP contribution is -2.40. The first kappa shape index (κ1) is 16.3. The monoisotopic (exact) mass is 338 g/mol. The first-order valence-corrected chi connectivity index (χ1v) is 7.56. The number of carboxylic acid groups (broad SMARTS) is 1. The Balaban J connectivity index is 2.26. The Labute approximate surface area is 136 Å². The van der Waals surface area contributed by atoms with Crippen LogP contribution in [0.5, 0.6) is 11.5 Å². The summed E-state index contributed by atoms with van der Waals surface area (Å²) in [6.45, 7) is 1.61. The molecule has 0 aromatic heterocycles. The van der Waals surface area contributed by atoms with Crippen molar-refractivity contribution in [3.63, 3.8) is 0 Å². The van der Waals surface area contributed by atoms with Crippen molar-refractivity contribution in [3.05, 3.63) is 28.7 Å². The lowest BCUT2D eigenvalue weighted by molar-refractivity contribution is -0.305. The molecule has 0 saturated carbocycles. The van der Waals surface area contributed by atoms with Crippen molar-refractivity contribution in [3.8, 4) is 11.5 Å². The normalized spacial score (nSPS) is 16.4. The average molecular weight is 338 g/mol. The molecule has 1 fully saturated rings. The largest absolute Gasteiger partial charge is 0.548 e. The molecule has 1 heterocycles. The summed E-state index contributed by atoms with van der Waals surface area (Å²) in [6.07, 6.45) is 1.57. The second kappa shape index (κ2) is 6.80. The van der Waals surface area contributed by atoms with Crippen LogP contribution < -0.4 is 9.84 Å². The summed E-state index contributed by atoms with van der Waals surface area (Å²) in [5, 5.41) is 20.3. The molecular weight excluding hydrogens is 326 g/mol. The molecule has 0 bridgehead atoms. The Morgan fingerprint density at radius 3 is 2.91 bits per heavy atom. The van der Waals surface area contributed by atoms with E-state index < -0.39 is 18.4 Å². The molecule has 116 valence electrons. The zero-order valence-electron chi connectivity index (χ0n) is 11.6. The number of amides is 1. The van der Waals surface area contributed by atoms with E-state index in [9.17, 15) is 19.8 Å². The van der Waals surface area contributed by atoms with E-state index in [2.05, 4.69) is 0 Å². The number of phenols is 1. The number of rotatable bonds is 5. The molecule has 1 aromatic rings. The number of hydrogen-bond acceptors (Lipinski definition) is 7. The summed E-state index contributed by atoms with van der Waals surface area (Å²) in [4.78, 5) is 24.0. The van der Waals surface area contributed by atoms with Gasteiger partial charge >= 0.3 is 0 Å². The van der Waals surface area contributed by atoms with E-state index in [1.54, 1.807) is 25.1 Å². The Morgan fingerprint density at radius 1 is 1.55 bits per heavy atom. The fraction of sp³-hybridized carbons (Fsp3) is 0.214. The molecular formula is C14H12NO5S2-. The van der Waals surface area contributed by atoms with Crippen LogP contribution in [0.1, 0.15) is 12.5 Å². The van der Waals surface area contributed by atoms with Gasteiger partial charge in [-0.25, -0.2) is 0 Å². The molecule has 2 rings (SSSR count). The Kier molecular flexibility index (Phi) is 5.04. The fourth-order valence-corrected chi connectivity index (χ4v) is 3.06. The van der Waals surface area contributed by atoms with Crippen LogP contribution in [-0.4, -0.2) is 39.4 Å². The molecule has 6 nitrogen and oxygen atoms in total. The van der Waals surface area contributed by atoms with Crippen molar-refractivity contribution in [2.75, 3.05) is 13.2 Å². The van der Waals surface area contributed by atoms with Crippen molar-refractivity contribution in [2.24, 2.45) is 0 Å². The number of thioether (sulfide) groups is 1. The SMILES string of the molecule is CCOc1cc(/C=C2/SC(=S)N(CC(=O)[O-])C2=O)ccc1O. The minimum atomic E-state index is -1.37. The number of thiocarbonyl (C=S) groups is 1. The van der Waals surface area contributed by atoms with E-state index in [1.165, 1.54) is 6.07 Å². The van der Waals surface area contributed by atoms with Gasteiger partial charge in [0.15, 0.2) is 11.5 Å². The molecule has 0 radical (unpaired) electrons. The first-order valence-electron chi connectivity index (χ1n) is 6.33. The molecule has 0 aliphatic carbocycles. The molecule has 1 aromatic carbocycles. The minimum absolute atomic E-state index is 0.00324. The lowest BCUT2D eigenvalue weighted by atomic mass is 10.2. The molecule has 22 heavy (non-hydrogen) atoms. The van der Waals surface area contributed by atoms with E-state index in [0.29, 0.717) is 22.8 Å². The number of nitrogens with zero attached hydrogens (tertiary/aromatic N) is 1. The van der Waals surface area contributed by atoms with Crippen molar-refractivity contribution in [1.29, 1.82) is 0 Å². The number of benzene rings is 1. The van der Waals surface area contributed by atoms with Gasteiger partial charge in [0.1, 0.15) is 4.32 Å². The van der Waals surface area contributed by atoms with Crippen molar-refractivity contribution in [1.82, 2.24) is 4.90 Å². The topological polar surface area (TPSA) is 89.9 Å². The summed E-state index contributed by atoms with van der Waals surface area (Å²) in [5.41, 5.74) is 0.634. The zero-order chi connectivity index (χ0) is 16.3. The summed E-state index contributed by atoms with van der Waals surface area (Å²) >= 11 is 6.01. The van der Waals surface area contributed by atoms with Crippen molar-refractivity contribution >= 4 is 46.3 Å². The maximum Gasteiger partial charge on any atom is 0.266 e. The lowest BCUT2D eigenvalue weighted by Gasteiger charge is -2.14. The van der Waals surface area contributed by atoms with Crippen LogP contribution in [0.3, 0.4) is 0 Å². The van der Waals surface area contributed by atoms with Crippen LogP contribution in [0.4, 0.5) is 0 Å². The first-order chi connectivity index (χ1) is 10.4. The third kappa shape index (κ3) is 3.58. The number of carboxylic acids is 1. The summed E-state index contributed by atoms with van der Waals surface area (Å²) in [7, 11) is 0. The van der Waals surface area contributed by atoms with Crippen LogP contribution in [0.15, 0.2) is 23.1 Å². The standard InChI is InChI=1S/C14H13NO5S2/c1-2-20-10-5-8(3-4-9(10)16)6-11-13(19)15(7-12(17)18)14(21)22-11/h3-6,16H,2,7H2,1H3,(H,17,18)/p-1/b11-6+. The van der Waals surface area contributed by atoms with Gasteiger partial charge in [0.05, 0.1) is 24.0 Å². The van der Waals surface area contributed by atoms with Crippen LogP contribution in [0.2, 0.25) is 0 Å². The number of hydrogen-bond donors (Lipinski definition) is 1. The van der Waals surface area contributed by atoms with Crippen LogP contribution >= 0.6 is 24.0 Å². The van der Waals surface area contributed by atoms with Crippen LogP contribution in [0, 0.1) is 0 Å². The van der Waals surface area contributed by atoms with Gasteiger partial charge < -0.3 is 19.7 Å². The maximum atomic E-state index is 12.1. The van der Waals surface area contributed by atoms with E-state index >= 15 is 0 Å². The van der Waals surface area contributed by atoms with Crippen molar-refractivity contribution in [2.45, 2.75) is 6.92 Å². The smallest absolute Gasteiger partial charge is 0.266 e. The number of aliphatic carboxylic acids is 1. The highest BCUT2D eigenvalue weighted by Gasteiger charge is 2.31. The number of ether oxygens (including phenoxy) is 1. The summed E-state index contributed by atoms with van der Waals surface area (Å²) < 4.78 is 5.44. The molecule has 1 saturated heterocycles. The highest BCUT2D eigenvalue weighted by Crippen LogP contribution is 2.34. The molecule has 1 amide bonds. The number of carbonyl (C=O) groups excluding carboxylic acids is 2. The van der Waals surface area contributed by atoms with E-state index in [1.807, 2.05) is 0 Å². The highest BCUT2D eigenvalue weighted by atomic mass is 32.2. The van der Waals surface area contributed by atoms with Gasteiger partial charge in [-0.15, -0.1) is 0 Å². The van der Waals surface area contributed by atoms with E-state index in [4.69, 9.17) is 17.0 Å². The maximum absolute atomic E-state index is 12.1. The number of phenolic OH excluding ortho intramolecular Hbond substituents is 1. The van der Waals surface area contributed by atoms with Crippen LogP contribution in [-0.2, 0) is 9.59 Å². The quantitative estimate of drug-likeness (QED) is 0.625. The minimum Gasteiger partial charge on any atom is -0.548 e. The van der Waals surface area contributed by atoms with Crippen molar-refractivity contribution < 1.29 is 24.5 Å². The molecule has 1 N–H and O–H groups in total. The Hall–Kier alpha value is -2.06. The third-order valence-corrected chi connectivity index (χ3v) is 4.12. The van der Waals surface area contributed by atoms with Gasteiger partial charge in [-0.3, -0.25) is 9.69 Å². The highest BCUT2D eigenvalue weighted by molar-refractivity contribution is 8.26. The summed E-state index contributed by atoms with van der Waals surface area (Å²) in [5.74, 6) is -1.55. The second-order valence-corrected chi connectivity index (χ2v) is 5.98. The Bertz CT molecular complexity index is 671. The van der Waals surface area contributed by atoms with Gasteiger partial charge in [-0.2, -0.15) is 0 Å². The van der Waals surface area contributed by atoms with Gasteiger partial charge in [0, 0.05) is 0 Å². The van der Waals surface area contributed by atoms with E-state index in [-0.39, 0.29) is 10.1 Å². The molecule has 1 aliphatic heterocycles. The predicted octanol–water partition coefficient (Wildman–Crippen LogP) is 0.742. The molecule has 8 heteroatoms. The van der Waals surface area contributed by atoms with Gasteiger partial charge in [-0.05, 0) is 30.7 Å². The van der Waals surface area contributed by atoms with Gasteiger partial charge in [-0.1, -0.05) is 30.0 Å². The molecule has 1 aliphatic rings. The zero-order valence-corrected chi connectivity index (χ0v) is 13.2. The van der Waals surface area contributed by atoms with Gasteiger partial charge in [0.2, 0.25) is 0 Å². The molecule has 0 unspecified atom stereocenters. The van der Waals surface area contributed by atoms with E-state index in [0.717, 1.165) is 16.7 Å². The number of aromatic hydroxyl groups is 1.